The van der Waals surface area contributed by atoms with E-state index < -0.39 is 0 Å². The lowest BCUT2D eigenvalue weighted by atomic mass is 10.1. The summed E-state index contributed by atoms with van der Waals surface area (Å²) in [5.74, 6) is -0.706. The van der Waals surface area contributed by atoms with Gasteiger partial charge in [0.2, 0.25) is 5.91 Å². The molecule has 3 aromatic rings. The molecule has 0 saturated carbocycles. The number of benzene rings is 1. The fourth-order valence-corrected chi connectivity index (χ4v) is 3.25. The fourth-order valence-electron chi connectivity index (χ4n) is 2.45. The van der Waals surface area contributed by atoms with Gasteiger partial charge in [-0.05, 0) is 41.3 Å². The van der Waals surface area contributed by atoms with Crippen LogP contribution in [0.1, 0.15) is 33.5 Å². The van der Waals surface area contributed by atoms with Gasteiger partial charge in [-0.25, -0.2) is 4.39 Å². The maximum atomic E-state index is 13.2. The summed E-state index contributed by atoms with van der Waals surface area (Å²) in [6.45, 7) is 0.186. The summed E-state index contributed by atoms with van der Waals surface area (Å²) in [6.07, 6.45) is 1.53. The normalized spacial score (nSPS) is 11.7. The highest BCUT2D eigenvalue weighted by Crippen LogP contribution is 2.26. The van der Waals surface area contributed by atoms with Gasteiger partial charge < -0.3 is 15.1 Å². The van der Waals surface area contributed by atoms with Crippen LogP contribution in [0.15, 0.2) is 64.6 Å². The van der Waals surface area contributed by atoms with Gasteiger partial charge in [0.05, 0.1) is 12.3 Å². The van der Waals surface area contributed by atoms with Crippen molar-refractivity contribution in [3.05, 3.63) is 82.2 Å². The van der Waals surface area contributed by atoms with E-state index in [1.54, 1.807) is 24.3 Å². The molecule has 1 atom stereocenters. The van der Waals surface area contributed by atoms with Crippen molar-refractivity contribution in [2.24, 2.45) is 0 Å². The van der Waals surface area contributed by atoms with E-state index in [9.17, 15) is 14.0 Å². The van der Waals surface area contributed by atoms with Crippen molar-refractivity contribution in [2.45, 2.75) is 12.5 Å². The third-order valence-corrected chi connectivity index (χ3v) is 4.66. The number of halogens is 1. The molecular formula is C19H17FN2O3S. The average Bonchev–Trinajstić information content (AvgIpc) is 3.34. The quantitative estimate of drug-likeness (QED) is 0.667. The summed E-state index contributed by atoms with van der Waals surface area (Å²) >= 11 is 1.51. The van der Waals surface area contributed by atoms with Crippen molar-refractivity contribution in [1.82, 2.24) is 10.6 Å². The highest BCUT2D eigenvalue weighted by Gasteiger charge is 2.18. The predicted octanol–water partition coefficient (Wildman–Crippen LogP) is 3.51. The minimum absolute atomic E-state index is 0.121. The molecule has 0 bridgehead atoms. The lowest BCUT2D eigenvalue weighted by molar-refractivity contribution is -0.121. The van der Waals surface area contributed by atoms with E-state index in [1.165, 1.54) is 29.7 Å². The standard InChI is InChI=1S/C19H17FN2O3S/c20-14-7-5-13(6-8-14)18(16-4-2-12-26-16)22-17(23)9-10-21-19(24)15-3-1-11-25-15/h1-8,11-12,18H,9-10H2,(H,21,24)(H,22,23)/t18-/m1/s1. The second-order valence-corrected chi connectivity index (χ2v) is 6.53. The van der Waals surface area contributed by atoms with E-state index in [0.29, 0.717) is 0 Å². The second-order valence-electron chi connectivity index (χ2n) is 5.55. The van der Waals surface area contributed by atoms with E-state index >= 15 is 0 Å². The van der Waals surface area contributed by atoms with Crippen molar-refractivity contribution in [2.75, 3.05) is 6.54 Å². The highest BCUT2D eigenvalue weighted by molar-refractivity contribution is 7.10. The van der Waals surface area contributed by atoms with Crippen molar-refractivity contribution in [3.63, 3.8) is 0 Å². The maximum absolute atomic E-state index is 13.2. The fraction of sp³-hybridized carbons (Fsp3) is 0.158. The van der Waals surface area contributed by atoms with E-state index in [2.05, 4.69) is 10.6 Å². The maximum Gasteiger partial charge on any atom is 0.286 e. The molecule has 134 valence electrons. The van der Waals surface area contributed by atoms with Gasteiger partial charge in [-0.3, -0.25) is 9.59 Å². The third-order valence-electron chi connectivity index (χ3n) is 3.72. The number of hydrogen-bond acceptors (Lipinski definition) is 4. The smallest absolute Gasteiger partial charge is 0.286 e. The number of hydrogen-bond donors (Lipinski definition) is 2. The monoisotopic (exact) mass is 372 g/mol. The Hall–Kier alpha value is -2.93. The largest absolute Gasteiger partial charge is 0.459 e. The van der Waals surface area contributed by atoms with Gasteiger partial charge in [-0.2, -0.15) is 0 Å². The number of rotatable bonds is 7. The number of nitrogens with one attached hydrogen (secondary N) is 2. The van der Waals surface area contributed by atoms with Crippen LogP contribution >= 0.6 is 11.3 Å². The van der Waals surface area contributed by atoms with Gasteiger partial charge in [0.1, 0.15) is 5.82 Å². The van der Waals surface area contributed by atoms with Crippen molar-refractivity contribution >= 4 is 23.2 Å². The zero-order valence-corrected chi connectivity index (χ0v) is 14.6. The molecule has 26 heavy (non-hydrogen) atoms. The van der Waals surface area contributed by atoms with E-state index in [4.69, 9.17) is 4.42 Å². The molecule has 2 N–H and O–H groups in total. The van der Waals surface area contributed by atoms with E-state index in [0.717, 1.165) is 10.4 Å². The van der Waals surface area contributed by atoms with Crippen LogP contribution in [-0.4, -0.2) is 18.4 Å². The van der Waals surface area contributed by atoms with Crippen LogP contribution in [0.4, 0.5) is 4.39 Å². The average molecular weight is 372 g/mol. The third kappa shape index (κ3) is 4.58. The molecule has 0 aliphatic rings. The molecule has 2 heterocycles. The Labute approximate surface area is 153 Å². The molecule has 0 spiro atoms. The van der Waals surface area contributed by atoms with Crippen LogP contribution in [0.25, 0.3) is 0 Å². The van der Waals surface area contributed by atoms with Crippen LogP contribution in [0, 0.1) is 5.82 Å². The van der Waals surface area contributed by atoms with Crippen LogP contribution in [0.2, 0.25) is 0 Å². The molecule has 2 aromatic heterocycles. The predicted molar refractivity (Wildman–Crippen MR) is 96.4 cm³/mol. The van der Waals surface area contributed by atoms with Crippen LogP contribution in [0.5, 0.6) is 0 Å². The highest BCUT2D eigenvalue weighted by atomic mass is 32.1. The van der Waals surface area contributed by atoms with Crippen molar-refractivity contribution in [1.29, 1.82) is 0 Å². The number of carbonyl (C=O) groups is 2. The van der Waals surface area contributed by atoms with Gasteiger partial charge in [0, 0.05) is 17.8 Å². The van der Waals surface area contributed by atoms with E-state index in [1.807, 2.05) is 17.5 Å². The Balaban J connectivity index is 1.59. The first-order valence-electron chi connectivity index (χ1n) is 8.03. The van der Waals surface area contributed by atoms with Gasteiger partial charge in [-0.1, -0.05) is 18.2 Å². The second kappa shape index (κ2) is 8.44. The lowest BCUT2D eigenvalue weighted by Gasteiger charge is -2.18. The zero-order valence-electron chi connectivity index (χ0n) is 13.8. The number of thiophene rings is 1. The zero-order chi connectivity index (χ0) is 18.4. The van der Waals surface area contributed by atoms with Gasteiger partial charge in [0.15, 0.2) is 5.76 Å². The number of carbonyl (C=O) groups excluding carboxylic acids is 2. The van der Waals surface area contributed by atoms with Crippen molar-refractivity contribution < 1.29 is 18.4 Å². The van der Waals surface area contributed by atoms with Gasteiger partial charge >= 0.3 is 0 Å². The summed E-state index contributed by atoms with van der Waals surface area (Å²) in [6, 6.07) is 12.7. The Morgan fingerprint density at radius 3 is 2.58 bits per heavy atom. The lowest BCUT2D eigenvalue weighted by Crippen LogP contribution is -2.33. The molecule has 5 nitrogen and oxygen atoms in total. The summed E-state index contributed by atoms with van der Waals surface area (Å²) in [5, 5.41) is 7.49. The molecule has 0 fully saturated rings. The first-order valence-corrected chi connectivity index (χ1v) is 8.91. The van der Waals surface area contributed by atoms with Crippen LogP contribution in [-0.2, 0) is 4.79 Å². The Morgan fingerprint density at radius 1 is 1.12 bits per heavy atom. The summed E-state index contributed by atoms with van der Waals surface area (Å²) < 4.78 is 18.2. The Kier molecular flexibility index (Phi) is 5.80. The first kappa shape index (κ1) is 17.9. The first-order chi connectivity index (χ1) is 12.6. The molecule has 0 aliphatic heterocycles. The molecule has 0 radical (unpaired) electrons. The Bertz CT molecular complexity index is 846. The van der Waals surface area contributed by atoms with Crippen LogP contribution < -0.4 is 10.6 Å². The van der Waals surface area contributed by atoms with E-state index in [-0.39, 0.29) is 42.4 Å². The topological polar surface area (TPSA) is 71.3 Å². The SMILES string of the molecule is O=C(CCNC(=O)c1ccco1)N[C@H](c1ccc(F)cc1)c1cccs1. The molecule has 0 saturated heterocycles. The molecular weight excluding hydrogens is 355 g/mol. The minimum Gasteiger partial charge on any atom is -0.459 e. The summed E-state index contributed by atoms with van der Waals surface area (Å²) in [7, 11) is 0. The number of amides is 2. The van der Waals surface area contributed by atoms with Gasteiger partial charge in [-0.15, -0.1) is 11.3 Å². The summed E-state index contributed by atoms with van der Waals surface area (Å²) in [5.41, 5.74) is 0.793. The molecule has 0 aliphatic carbocycles. The Morgan fingerprint density at radius 2 is 1.92 bits per heavy atom. The van der Waals surface area contributed by atoms with Crippen LogP contribution in [0.3, 0.4) is 0 Å². The minimum atomic E-state index is -0.365. The van der Waals surface area contributed by atoms with Gasteiger partial charge in [0.25, 0.3) is 5.91 Å². The molecule has 2 amide bonds. The van der Waals surface area contributed by atoms with Crippen molar-refractivity contribution in [3.8, 4) is 0 Å². The number of furan rings is 1. The molecule has 7 heteroatoms. The molecule has 1 aromatic carbocycles. The molecule has 3 rings (SSSR count). The summed E-state index contributed by atoms with van der Waals surface area (Å²) in [4.78, 5) is 25.0. The molecule has 0 unspecified atom stereocenters.